The Balaban J connectivity index is 1.58. The highest BCUT2D eigenvalue weighted by molar-refractivity contribution is 5.43. The molecule has 0 bridgehead atoms. The lowest BCUT2D eigenvalue weighted by molar-refractivity contribution is 0.284. The first-order valence-electron chi connectivity index (χ1n) is 8.69. The Morgan fingerprint density at radius 1 is 0.846 bits per heavy atom. The van der Waals surface area contributed by atoms with Crippen molar-refractivity contribution in [3.8, 4) is 11.5 Å². The second kappa shape index (κ2) is 9.02. The largest absolute Gasteiger partial charge is 0.493 e. The van der Waals surface area contributed by atoms with Crippen molar-refractivity contribution in [1.82, 2.24) is 10.3 Å². The van der Waals surface area contributed by atoms with Gasteiger partial charge < -0.3 is 14.8 Å². The minimum Gasteiger partial charge on any atom is -0.493 e. The highest BCUT2D eigenvalue weighted by Crippen LogP contribution is 2.29. The van der Waals surface area contributed by atoms with Gasteiger partial charge in [0.1, 0.15) is 6.61 Å². The number of ether oxygens (including phenoxy) is 2. The minimum atomic E-state index is 0.525. The van der Waals surface area contributed by atoms with Gasteiger partial charge in [0.25, 0.3) is 0 Å². The van der Waals surface area contributed by atoms with E-state index in [0.29, 0.717) is 6.61 Å². The van der Waals surface area contributed by atoms with Crippen molar-refractivity contribution < 1.29 is 9.47 Å². The molecule has 134 valence electrons. The maximum absolute atomic E-state index is 5.95. The molecule has 3 aromatic rings. The molecule has 0 aliphatic carbocycles. The molecule has 2 aromatic carbocycles. The Kier molecular flexibility index (Phi) is 6.23. The van der Waals surface area contributed by atoms with Crippen LogP contribution in [0.1, 0.15) is 22.3 Å². The molecule has 0 spiro atoms. The maximum Gasteiger partial charge on any atom is 0.161 e. The van der Waals surface area contributed by atoms with Crippen LogP contribution in [0.3, 0.4) is 0 Å². The Hall–Kier alpha value is -2.85. The van der Waals surface area contributed by atoms with Gasteiger partial charge in [0.15, 0.2) is 11.5 Å². The van der Waals surface area contributed by atoms with Crippen molar-refractivity contribution in [2.45, 2.75) is 26.6 Å². The van der Waals surface area contributed by atoms with Crippen LogP contribution in [0.15, 0.2) is 67.0 Å². The van der Waals surface area contributed by atoms with Gasteiger partial charge in [-0.25, -0.2) is 0 Å². The van der Waals surface area contributed by atoms with Gasteiger partial charge in [0.05, 0.1) is 7.11 Å². The lowest BCUT2D eigenvalue weighted by atomic mass is 10.1. The molecule has 1 aromatic heterocycles. The molecular formula is C22H24N2O2. The normalized spacial score (nSPS) is 10.5. The maximum atomic E-state index is 5.95. The van der Waals surface area contributed by atoms with Crippen LogP contribution in [0, 0.1) is 6.92 Å². The first-order valence-corrected chi connectivity index (χ1v) is 8.69. The van der Waals surface area contributed by atoms with Gasteiger partial charge in [0.2, 0.25) is 0 Å². The third kappa shape index (κ3) is 5.07. The summed E-state index contributed by atoms with van der Waals surface area (Å²) in [6.07, 6.45) is 3.61. The molecule has 0 radical (unpaired) electrons. The van der Waals surface area contributed by atoms with E-state index in [-0.39, 0.29) is 0 Å². The molecule has 26 heavy (non-hydrogen) atoms. The Bertz CT molecular complexity index is 835. The highest BCUT2D eigenvalue weighted by Gasteiger charge is 2.06. The van der Waals surface area contributed by atoms with Gasteiger partial charge in [-0.05, 0) is 47.9 Å². The number of methoxy groups -OCH3 is 1. The van der Waals surface area contributed by atoms with Crippen LogP contribution in [0.4, 0.5) is 0 Å². The SMILES string of the molecule is COc1cc(CNCc2ccncc2)ccc1OCc1cccc(C)c1. The Morgan fingerprint density at radius 2 is 1.65 bits per heavy atom. The molecule has 0 saturated carbocycles. The molecule has 3 rings (SSSR count). The molecule has 4 heteroatoms. The van der Waals surface area contributed by atoms with Gasteiger partial charge in [0, 0.05) is 25.5 Å². The zero-order valence-electron chi connectivity index (χ0n) is 15.2. The molecule has 0 unspecified atom stereocenters. The number of aryl methyl sites for hydroxylation is 1. The van der Waals surface area contributed by atoms with Crippen LogP contribution in [-0.2, 0) is 19.7 Å². The minimum absolute atomic E-state index is 0.525. The second-order valence-electron chi connectivity index (χ2n) is 6.22. The zero-order chi connectivity index (χ0) is 18.2. The molecule has 0 atom stereocenters. The molecule has 0 aliphatic rings. The van der Waals surface area contributed by atoms with E-state index in [1.54, 1.807) is 19.5 Å². The molecule has 1 N–H and O–H groups in total. The monoisotopic (exact) mass is 348 g/mol. The summed E-state index contributed by atoms with van der Waals surface area (Å²) in [4.78, 5) is 4.03. The summed E-state index contributed by atoms with van der Waals surface area (Å²) < 4.78 is 11.4. The molecule has 0 amide bonds. The van der Waals surface area contributed by atoms with Crippen molar-refractivity contribution in [2.24, 2.45) is 0 Å². The van der Waals surface area contributed by atoms with Crippen molar-refractivity contribution >= 4 is 0 Å². The summed E-state index contributed by atoms with van der Waals surface area (Å²) >= 11 is 0. The predicted molar refractivity (Wildman–Crippen MR) is 103 cm³/mol. The topological polar surface area (TPSA) is 43.4 Å². The fourth-order valence-electron chi connectivity index (χ4n) is 2.76. The highest BCUT2D eigenvalue weighted by atomic mass is 16.5. The van der Waals surface area contributed by atoms with Crippen LogP contribution in [0.2, 0.25) is 0 Å². The van der Waals surface area contributed by atoms with Crippen LogP contribution < -0.4 is 14.8 Å². The fourth-order valence-corrected chi connectivity index (χ4v) is 2.76. The summed E-state index contributed by atoms with van der Waals surface area (Å²) in [6, 6.07) is 18.4. The van der Waals surface area contributed by atoms with Gasteiger partial charge in [-0.3, -0.25) is 4.98 Å². The van der Waals surface area contributed by atoms with E-state index in [2.05, 4.69) is 41.5 Å². The van der Waals surface area contributed by atoms with Gasteiger partial charge in [-0.15, -0.1) is 0 Å². The number of nitrogens with zero attached hydrogens (tertiary/aromatic N) is 1. The molecule has 0 aliphatic heterocycles. The van der Waals surface area contributed by atoms with E-state index in [9.17, 15) is 0 Å². The molecule has 0 saturated heterocycles. The summed E-state index contributed by atoms with van der Waals surface area (Å²) in [5.74, 6) is 1.51. The zero-order valence-corrected chi connectivity index (χ0v) is 15.2. The standard InChI is InChI=1S/C22H24N2O2/c1-17-4-3-5-20(12-17)16-26-21-7-6-19(13-22(21)25-2)15-24-14-18-8-10-23-11-9-18/h3-13,24H,14-16H2,1-2H3. The number of pyridine rings is 1. The molecule has 0 fully saturated rings. The quantitative estimate of drug-likeness (QED) is 0.660. The fraction of sp³-hybridized carbons (Fsp3) is 0.227. The van der Waals surface area contributed by atoms with Crippen molar-refractivity contribution in [3.63, 3.8) is 0 Å². The first kappa shape index (κ1) is 18.0. The molecular weight excluding hydrogens is 324 g/mol. The summed E-state index contributed by atoms with van der Waals surface area (Å²) in [5, 5.41) is 3.43. The number of rotatable bonds is 8. The average molecular weight is 348 g/mol. The smallest absolute Gasteiger partial charge is 0.161 e. The third-order valence-corrected chi connectivity index (χ3v) is 4.11. The van der Waals surface area contributed by atoms with Gasteiger partial charge >= 0.3 is 0 Å². The lowest BCUT2D eigenvalue weighted by Gasteiger charge is -2.13. The number of nitrogens with one attached hydrogen (secondary N) is 1. The van der Waals surface area contributed by atoms with E-state index in [1.165, 1.54) is 11.1 Å². The van der Waals surface area contributed by atoms with E-state index in [4.69, 9.17) is 9.47 Å². The Labute approximate surface area is 154 Å². The first-order chi connectivity index (χ1) is 12.7. The van der Waals surface area contributed by atoms with E-state index >= 15 is 0 Å². The van der Waals surface area contributed by atoms with Crippen LogP contribution in [0.5, 0.6) is 11.5 Å². The van der Waals surface area contributed by atoms with Crippen LogP contribution in [-0.4, -0.2) is 12.1 Å². The number of hydrogen-bond acceptors (Lipinski definition) is 4. The summed E-state index contributed by atoms with van der Waals surface area (Å²) in [5.41, 5.74) is 4.74. The van der Waals surface area contributed by atoms with Crippen LogP contribution in [0.25, 0.3) is 0 Å². The molecule has 4 nitrogen and oxygen atoms in total. The third-order valence-electron chi connectivity index (χ3n) is 4.11. The summed E-state index contributed by atoms with van der Waals surface area (Å²) in [7, 11) is 1.67. The number of aromatic nitrogens is 1. The van der Waals surface area contributed by atoms with E-state index < -0.39 is 0 Å². The van der Waals surface area contributed by atoms with E-state index in [1.807, 2.05) is 30.3 Å². The van der Waals surface area contributed by atoms with E-state index in [0.717, 1.165) is 35.7 Å². The van der Waals surface area contributed by atoms with Gasteiger partial charge in [-0.2, -0.15) is 0 Å². The van der Waals surface area contributed by atoms with Crippen molar-refractivity contribution in [2.75, 3.05) is 7.11 Å². The van der Waals surface area contributed by atoms with Crippen molar-refractivity contribution in [1.29, 1.82) is 0 Å². The predicted octanol–water partition coefficient (Wildman–Crippen LogP) is 4.27. The van der Waals surface area contributed by atoms with Crippen molar-refractivity contribution in [3.05, 3.63) is 89.2 Å². The second-order valence-corrected chi connectivity index (χ2v) is 6.22. The summed E-state index contributed by atoms with van der Waals surface area (Å²) in [6.45, 7) is 4.17. The number of hydrogen-bond donors (Lipinski definition) is 1. The average Bonchev–Trinajstić information content (AvgIpc) is 2.67. The lowest BCUT2D eigenvalue weighted by Crippen LogP contribution is -2.12. The number of benzene rings is 2. The Morgan fingerprint density at radius 3 is 2.42 bits per heavy atom. The van der Waals surface area contributed by atoms with Crippen LogP contribution >= 0.6 is 0 Å². The molecule has 1 heterocycles. The van der Waals surface area contributed by atoms with Gasteiger partial charge in [-0.1, -0.05) is 35.9 Å².